The van der Waals surface area contributed by atoms with E-state index in [9.17, 15) is 0 Å². The van der Waals surface area contributed by atoms with Crippen molar-refractivity contribution in [3.05, 3.63) is 132 Å². The average molecular weight is 467 g/mol. The smallest absolute Gasteiger partial charge is 0.0154 e. The van der Waals surface area contributed by atoms with Gasteiger partial charge in [0.25, 0.3) is 0 Å². The van der Waals surface area contributed by atoms with Crippen molar-refractivity contribution >= 4 is 37.1 Å². The first kappa shape index (κ1) is 23.6. The molecule has 0 radical (unpaired) electrons. The molecule has 4 aromatic rings. The van der Waals surface area contributed by atoms with E-state index in [1.807, 2.05) is 0 Å². The zero-order valence-corrected chi connectivity index (χ0v) is 21.3. The summed E-state index contributed by atoms with van der Waals surface area (Å²) in [6.45, 7) is 4.67. The van der Waals surface area contributed by atoms with E-state index in [0.29, 0.717) is 5.92 Å². The highest BCUT2D eigenvalue weighted by molar-refractivity contribution is 7.80. The van der Waals surface area contributed by atoms with Crippen molar-refractivity contribution in [2.75, 3.05) is 0 Å². The molecule has 0 aliphatic heterocycles. The minimum absolute atomic E-state index is 0.580. The standard InChI is InChI=1S/C31H32P2/c1-26(2)23-24-31(33(29-19-11-5-12-20-29)30-21-13-6-14-22-30)25-32(27-15-7-3-8-16-27)28-17-9-4-10-18-28/h3-22,25-26H,23-24H2,1-2H3. The molecule has 0 spiro atoms. The molecular weight excluding hydrogens is 434 g/mol. The molecule has 0 atom stereocenters. The van der Waals surface area contributed by atoms with Crippen molar-refractivity contribution < 1.29 is 0 Å². The van der Waals surface area contributed by atoms with Crippen LogP contribution < -0.4 is 21.2 Å². The second-order valence-electron chi connectivity index (χ2n) is 8.60. The fourth-order valence-electron chi connectivity index (χ4n) is 3.93. The van der Waals surface area contributed by atoms with E-state index in [1.165, 1.54) is 27.6 Å². The Hall–Kier alpha value is -2.52. The lowest BCUT2D eigenvalue weighted by molar-refractivity contribution is 0.592. The van der Waals surface area contributed by atoms with Gasteiger partial charge in [-0.25, -0.2) is 0 Å². The molecule has 4 aromatic carbocycles. The summed E-state index contributed by atoms with van der Waals surface area (Å²) < 4.78 is 0. The summed E-state index contributed by atoms with van der Waals surface area (Å²) in [6.07, 6.45) is 2.34. The van der Waals surface area contributed by atoms with E-state index in [2.05, 4.69) is 141 Å². The lowest BCUT2D eigenvalue weighted by Gasteiger charge is -2.26. The molecule has 0 aromatic heterocycles. The van der Waals surface area contributed by atoms with Gasteiger partial charge < -0.3 is 0 Å². The van der Waals surface area contributed by atoms with Gasteiger partial charge in [-0.1, -0.05) is 135 Å². The van der Waals surface area contributed by atoms with Gasteiger partial charge >= 0.3 is 0 Å². The van der Waals surface area contributed by atoms with Crippen LogP contribution in [0.25, 0.3) is 0 Å². The van der Waals surface area contributed by atoms with Gasteiger partial charge in [-0.3, -0.25) is 0 Å². The van der Waals surface area contributed by atoms with Crippen LogP contribution in [0.2, 0.25) is 0 Å². The zero-order chi connectivity index (χ0) is 22.9. The molecule has 0 saturated carbocycles. The van der Waals surface area contributed by atoms with Gasteiger partial charge in [-0.15, -0.1) is 0 Å². The maximum Gasteiger partial charge on any atom is -0.0154 e. The molecule has 2 heteroatoms. The maximum atomic E-state index is 2.65. The number of hydrogen-bond acceptors (Lipinski definition) is 0. The van der Waals surface area contributed by atoms with Crippen LogP contribution in [0.3, 0.4) is 0 Å². The third-order valence-electron chi connectivity index (χ3n) is 5.64. The van der Waals surface area contributed by atoms with Gasteiger partial charge in [-0.2, -0.15) is 0 Å². The van der Waals surface area contributed by atoms with Crippen molar-refractivity contribution in [3.63, 3.8) is 0 Å². The molecule has 33 heavy (non-hydrogen) atoms. The number of rotatable bonds is 9. The second kappa shape index (κ2) is 12.1. The molecule has 0 nitrogen and oxygen atoms in total. The lowest BCUT2D eigenvalue weighted by atomic mass is 10.1. The Bertz CT molecular complexity index is 1040. The molecule has 166 valence electrons. The van der Waals surface area contributed by atoms with E-state index >= 15 is 0 Å². The molecule has 0 amide bonds. The van der Waals surface area contributed by atoms with E-state index in [4.69, 9.17) is 0 Å². The monoisotopic (exact) mass is 466 g/mol. The zero-order valence-electron chi connectivity index (χ0n) is 19.5. The van der Waals surface area contributed by atoms with Crippen molar-refractivity contribution in [1.82, 2.24) is 0 Å². The highest BCUT2D eigenvalue weighted by Crippen LogP contribution is 2.50. The molecule has 0 aliphatic rings. The van der Waals surface area contributed by atoms with Crippen LogP contribution in [0.1, 0.15) is 26.7 Å². The summed E-state index contributed by atoms with van der Waals surface area (Å²) in [5.41, 5.74) is 0. The summed E-state index contributed by atoms with van der Waals surface area (Å²) in [7, 11) is -1.16. The highest BCUT2D eigenvalue weighted by atomic mass is 31.1. The van der Waals surface area contributed by atoms with Crippen LogP contribution >= 0.6 is 15.8 Å². The second-order valence-corrected chi connectivity index (χ2v) is 12.9. The van der Waals surface area contributed by atoms with Crippen molar-refractivity contribution in [2.45, 2.75) is 26.7 Å². The Balaban J connectivity index is 1.88. The Morgan fingerprint density at radius 2 is 0.939 bits per heavy atom. The summed E-state index contributed by atoms with van der Waals surface area (Å²) in [5, 5.41) is 7.29. The molecule has 0 heterocycles. The van der Waals surface area contributed by atoms with Crippen LogP contribution in [0.15, 0.2) is 132 Å². The molecule has 0 unspecified atom stereocenters. The van der Waals surface area contributed by atoms with Gasteiger partial charge in [0.05, 0.1) is 0 Å². The van der Waals surface area contributed by atoms with Crippen LogP contribution in [0, 0.1) is 5.92 Å². The third-order valence-corrected chi connectivity index (χ3v) is 10.7. The van der Waals surface area contributed by atoms with Crippen LogP contribution in [-0.2, 0) is 0 Å². The predicted molar refractivity (Wildman–Crippen MR) is 150 cm³/mol. The molecule has 0 bridgehead atoms. The molecule has 0 fully saturated rings. The summed E-state index contributed by atoms with van der Waals surface area (Å²) in [6, 6.07) is 44.4. The van der Waals surface area contributed by atoms with Crippen LogP contribution in [-0.4, -0.2) is 0 Å². The molecule has 4 rings (SSSR count). The topological polar surface area (TPSA) is 0 Å². The quantitative estimate of drug-likeness (QED) is 0.224. The first-order valence-corrected chi connectivity index (χ1v) is 14.5. The van der Waals surface area contributed by atoms with Gasteiger partial charge in [0.15, 0.2) is 0 Å². The Morgan fingerprint density at radius 1 is 0.576 bits per heavy atom. The van der Waals surface area contributed by atoms with Crippen molar-refractivity contribution in [3.8, 4) is 0 Å². The SMILES string of the molecule is CC(C)CCC(=CP(c1ccccc1)c1ccccc1)P(c1ccccc1)c1ccccc1. The molecular formula is C31H32P2. The first-order valence-electron chi connectivity index (χ1n) is 11.7. The summed E-state index contributed by atoms with van der Waals surface area (Å²) >= 11 is 0. The Labute approximate surface area is 201 Å². The average Bonchev–Trinajstić information content (AvgIpc) is 2.88. The van der Waals surface area contributed by atoms with Gasteiger partial charge in [0.1, 0.15) is 0 Å². The summed E-state index contributed by atoms with van der Waals surface area (Å²) in [5.74, 6) is 3.32. The number of benzene rings is 4. The van der Waals surface area contributed by atoms with E-state index in [0.717, 1.165) is 6.42 Å². The Kier molecular flexibility index (Phi) is 8.65. The van der Waals surface area contributed by atoms with Crippen molar-refractivity contribution in [1.29, 1.82) is 0 Å². The predicted octanol–water partition coefficient (Wildman–Crippen LogP) is 7.53. The maximum absolute atomic E-state index is 2.65. The van der Waals surface area contributed by atoms with Crippen LogP contribution in [0.4, 0.5) is 0 Å². The first-order chi connectivity index (χ1) is 16.2. The third kappa shape index (κ3) is 6.51. The minimum Gasteiger partial charge on any atom is -0.0628 e. The normalized spacial score (nSPS) is 12.0. The van der Waals surface area contributed by atoms with E-state index in [1.54, 1.807) is 5.31 Å². The number of hydrogen-bond donors (Lipinski definition) is 0. The number of allylic oxidation sites excluding steroid dienone is 1. The van der Waals surface area contributed by atoms with E-state index in [-0.39, 0.29) is 0 Å². The molecule has 0 N–H and O–H groups in total. The van der Waals surface area contributed by atoms with Gasteiger partial charge in [-0.05, 0) is 67.0 Å². The Morgan fingerprint density at radius 3 is 1.30 bits per heavy atom. The fraction of sp³-hybridized carbons (Fsp3) is 0.161. The van der Waals surface area contributed by atoms with Crippen molar-refractivity contribution in [2.24, 2.45) is 5.92 Å². The largest absolute Gasteiger partial charge is 0.0628 e. The molecule has 0 saturated heterocycles. The molecule has 0 aliphatic carbocycles. The van der Waals surface area contributed by atoms with Gasteiger partial charge in [0, 0.05) is 0 Å². The lowest BCUT2D eigenvalue weighted by Crippen LogP contribution is -2.15. The highest BCUT2D eigenvalue weighted by Gasteiger charge is 2.21. The fourth-order valence-corrected chi connectivity index (χ4v) is 9.00. The van der Waals surface area contributed by atoms with Crippen LogP contribution in [0.5, 0.6) is 0 Å². The summed E-state index contributed by atoms with van der Waals surface area (Å²) in [4.78, 5) is 0. The minimum atomic E-state index is -0.581. The van der Waals surface area contributed by atoms with E-state index < -0.39 is 15.8 Å². The van der Waals surface area contributed by atoms with Gasteiger partial charge in [0.2, 0.25) is 0 Å².